The minimum atomic E-state index is -2.85. The summed E-state index contributed by atoms with van der Waals surface area (Å²) in [5, 5.41) is 19.6. The minimum absolute atomic E-state index is 0.00409. The van der Waals surface area contributed by atoms with Crippen LogP contribution in [0, 0.1) is 5.92 Å². The van der Waals surface area contributed by atoms with Gasteiger partial charge in [-0.05, 0) is 72.9 Å². The van der Waals surface area contributed by atoms with Crippen molar-refractivity contribution in [2.75, 3.05) is 16.4 Å². The minimum Gasteiger partial charge on any atom is -0.432 e. The number of aliphatic hydroxyl groups is 1. The Labute approximate surface area is 299 Å². The van der Waals surface area contributed by atoms with E-state index in [1.807, 2.05) is 105 Å². The van der Waals surface area contributed by atoms with Crippen LogP contribution < -0.4 is 9.80 Å². The van der Waals surface area contributed by atoms with Crippen LogP contribution in [0.25, 0.3) is 10.8 Å². The fraction of sp³-hybridized carbons (Fsp3) is 0.316. The number of hydrogen-bond acceptors (Lipinski definition) is 7. The zero-order chi connectivity index (χ0) is 34.9. The number of fused-ring (bicyclic) bond motifs is 2. The first-order valence-electron chi connectivity index (χ1n) is 17.0. The van der Waals surface area contributed by atoms with Crippen LogP contribution >= 0.6 is 15.9 Å². The molecule has 4 heterocycles. The van der Waals surface area contributed by atoms with Crippen LogP contribution in [0.4, 0.5) is 17.1 Å². The molecular weight excluding hydrogens is 714 g/mol. The lowest BCUT2D eigenvalue weighted by atomic mass is 9.82. The topological polar surface area (TPSA) is 121 Å². The number of benzene rings is 4. The fourth-order valence-electron chi connectivity index (χ4n) is 8.56. The Morgan fingerprint density at radius 3 is 2.56 bits per heavy atom. The molecule has 2 N–H and O–H groups in total. The summed E-state index contributed by atoms with van der Waals surface area (Å²) in [6.45, 7) is 6.64. The maximum Gasteiger partial charge on any atom is 0.264 e. The van der Waals surface area contributed by atoms with Crippen LogP contribution in [0.2, 0.25) is 18.6 Å². The zero-order valence-electron chi connectivity index (χ0n) is 28.1. The molecule has 3 aliphatic heterocycles. The molecule has 1 aromatic heterocycles. The highest BCUT2D eigenvalue weighted by atomic mass is 79.9. The number of hydrogen-bond donors (Lipinski definition) is 2. The highest BCUT2D eigenvalue weighted by Crippen LogP contribution is 2.60. The average Bonchev–Trinajstić information content (AvgIpc) is 3.80. The Morgan fingerprint density at radius 1 is 1.00 bits per heavy atom. The Bertz CT molecular complexity index is 2160. The molecular formula is C38H38BrN5O5Si. The van der Waals surface area contributed by atoms with Crippen molar-refractivity contribution in [3.63, 3.8) is 0 Å². The van der Waals surface area contributed by atoms with Gasteiger partial charge in [-0.25, -0.2) is 0 Å². The third-order valence-corrected chi connectivity index (χ3v) is 13.6. The summed E-state index contributed by atoms with van der Waals surface area (Å²) in [6.07, 6.45) is 2.38. The van der Waals surface area contributed by atoms with E-state index in [2.05, 4.69) is 26.2 Å². The van der Waals surface area contributed by atoms with E-state index in [4.69, 9.17) is 4.74 Å². The third-order valence-electron chi connectivity index (χ3n) is 10.6. The molecule has 256 valence electrons. The molecule has 1 fully saturated rings. The molecule has 0 unspecified atom stereocenters. The van der Waals surface area contributed by atoms with Crippen LogP contribution in [0.5, 0.6) is 0 Å². The lowest BCUT2D eigenvalue weighted by Crippen LogP contribution is -2.46. The van der Waals surface area contributed by atoms with E-state index in [0.717, 1.165) is 43.4 Å². The van der Waals surface area contributed by atoms with Gasteiger partial charge >= 0.3 is 0 Å². The van der Waals surface area contributed by atoms with Gasteiger partial charge in [0.25, 0.3) is 11.8 Å². The highest BCUT2D eigenvalue weighted by Gasteiger charge is 2.66. The number of halogens is 1. The number of anilines is 3. The van der Waals surface area contributed by atoms with Crippen molar-refractivity contribution >= 4 is 63.9 Å². The van der Waals surface area contributed by atoms with E-state index in [-0.39, 0.29) is 36.4 Å². The number of rotatable bonds is 9. The number of carbonyl (C=O) groups is 2. The molecule has 4 aromatic carbocycles. The molecule has 10 nitrogen and oxygen atoms in total. The van der Waals surface area contributed by atoms with Crippen molar-refractivity contribution < 1.29 is 24.2 Å². The van der Waals surface area contributed by atoms with E-state index in [0.29, 0.717) is 30.6 Å². The van der Waals surface area contributed by atoms with Crippen molar-refractivity contribution in [2.24, 2.45) is 5.92 Å². The van der Waals surface area contributed by atoms with Gasteiger partial charge in [-0.2, -0.15) is 0 Å². The summed E-state index contributed by atoms with van der Waals surface area (Å²) < 4.78 is 9.57. The SMILES string of the molecule is C[C@H]1[C@H]([Si](C)(C)O)[C@@H](CCn2cc(CCO)nn2)O[C@]12C(=O)N(Cc1cccc(N3C(=O)c4cccc5cccc3c45)c1)c1ccc(Br)cc12. The van der Waals surface area contributed by atoms with Crippen LogP contribution in [0.3, 0.4) is 0 Å². The first-order chi connectivity index (χ1) is 24.0. The van der Waals surface area contributed by atoms with Gasteiger partial charge in [0.05, 0.1) is 35.3 Å². The monoisotopic (exact) mass is 751 g/mol. The molecule has 0 saturated carbocycles. The van der Waals surface area contributed by atoms with Crippen LogP contribution in [0.1, 0.15) is 40.5 Å². The van der Waals surface area contributed by atoms with Crippen LogP contribution in [-0.4, -0.2) is 57.7 Å². The van der Waals surface area contributed by atoms with Crippen molar-refractivity contribution in [1.82, 2.24) is 15.0 Å². The molecule has 0 radical (unpaired) electrons. The second kappa shape index (κ2) is 12.2. The number of amides is 2. The Hall–Kier alpha value is -4.20. The van der Waals surface area contributed by atoms with E-state index in [1.54, 1.807) is 14.5 Å². The summed E-state index contributed by atoms with van der Waals surface area (Å²) in [5.41, 5.74) is 3.89. The molecule has 0 bridgehead atoms. The predicted octanol–water partition coefficient (Wildman–Crippen LogP) is 6.46. The maximum atomic E-state index is 15.0. The zero-order valence-corrected chi connectivity index (χ0v) is 30.7. The maximum absolute atomic E-state index is 15.0. The number of nitrogens with zero attached hydrogens (tertiary/aromatic N) is 5. The quantitative estimate of drug-likeness (QED) is 0.166. The predicted molar refractivity (Wildman–Crippen MR) is 197 cm³/mol. The van der Waals surface area contributed by atoms with Crippen molar-refractivity contribution in [2.45, 2.75) is 63.2 Å². The Morgan fingerprint density at radius 2 is 1.78 bits per heavy atom. The molecule has 0 aliphatic carbocycles. The number of ether oxygens (including phenoxy) is 1. The molecule has 1 spiro atoms. The van der Waals surface area contributed by atoms with Gasteiger partial charge < -0.3 is 19.5 Å². The summed E-state index contributed by atoms with van der Waals surface area (Å²) in [6, 6.07) is 25.4. The van der Waals surface area contributed by atoms with Crippen LogP contribution in [0.15, 0.2) is 89.5 Å². The molecule has 4 atom stereocenters. The van der Waals surface area contributed by atoms with Gasteiger partial charge in [-0.3, -0.25) is 19.2 Å². The average molecular weight is 753 g/mol. The molecule has 2 amide bonds. The smallest absolute Gasteiger partial charge is 0.264 e. The molecule has 50 heavy (non-hydrogen) atoms. The summed E-state index contributed by atoms with van der Waals surface area (Å²) in [4.78, 5) is 43.9. The number of carbonyl (C=O) groups excluding carboxylic acids is 2. The second-order valence-electron chi connectivity index (χ2n) is 14.1. The largest absolute Gasteiger partial charge is 0.432 e. The Kier molecular flexibility index (Phi) is 8.07. The second-order valence-corrected chi connectivity index (χ2v) is 19.0. The Balaban J connectivity index is 1.12. The first kappa shape index (κ1) is 33.0. The van der Waals surface area contributed by atoms with Gasteiger partial charge in [0, 0.05) is 58.3 Å². The number of aromatic nitrogens is 3. The van der Waals surface area contributed by atoms with Gasteiger partial charge in [0.15, 0.2) is 13.9 Å². The van der Waals surface area contributed by atoms with E-state index < -0.39 is 20.0 Å². The molecule has 5 aromatic rings. The standard InChI is InChI=1S/C38H38BrN5O5Si/c1-23-35(50(2,3)48)33(15-17-42-22-27(16-18-45)40-41-42)49-38(23)30-20-26(39)13-14-31(30)43(37(38)47)21-24-7-4-10-28(19-24)44-32-12-6-9-25-8-5-11-29(34(25)32)36(44)46/h4-14,19-20,22-23,33,35,45,48H,15-18,21H2,1-3H3/t23-,33+,35-,38+/m0/s1. The van der Waals surface area contributed by atoms with Gasteiger partial charge in [-0.1, -0.05) is 64.5 Å². The molecule has 12 heteroatoms. The molecule has 8 rings (SSSR count). The summed E-state index contributed by atoms with van der Waals surface area (Å²) in [7, 11) is -2.85. The van der Waals surface area contributed by atoms with Crippen molar-refractivity contribution in [3.8, 4) is 0 Å². The van der Waals surface area contributed by atoms with E-state index in [1.165, 1.54) is 0 Å². The third kappa shape index (κ3) is 5.15. The molecule has 3 aliphatic rings. The van der Waals surface area contributed by atoms with Crippen molar-refractivity contribution in [1.29, 1.82) is 0 Å². The van der Waals surface area contributed by atoms with E-state index >= 15 is 0 Å². The summed E-state index contributed by atoms with van der Waals surface area (Å²) >= 11 is 3.65. The number of aliphatic hydroxyl groups excluding tert-OH is 1. The lowest BCUT2D eigenvalue weighted by molar-refractivity contribution is -0.146. The van der Waals surface area contributed by atoms with Gasteiger partial charge in [0.1, 0.15) is 0 Å². The molecule has 1 saturated heterocycles. The first-order valence-corrected chi connectivity index (χ1v) is 20.8. The normalized spacial score (nSPS) is 22.8. The lowest BCUT2D eigenvalue weighted by Gasteiger charge is -2.32. The van der Waals surface area contributed by atoms with Crippen LogP contribution in [-0.2, 0) is 34.6 Å². The van der Waals surface area contributed by atoms with Gasteiger partial charge in [-0.15, -0.1) is 5.10 Å². The van der Waals surface area contributed by atoms with Gasteiger partial charge in [0.2, 0.25) is 0 Å². The summed E-state index contributed by atoms with van der Waals surface area (Å²) in [5.74, 6) is -0.537. The van der Waals surface area contributed by atoms with E-state index in [9.17, 15) is 19.5 Å². The van der Waals surface area contributed by atoms with Crippen molar-refractivity contribution in [3.05, 3.63) is 112 Å². The fourth-order valence-corrected chi connectivity index (χ4v) is 11.5. The highest BCUT2D eigenvalue weighted by molar-refractivity contribution is 9.10. The number of aryl methyl sites for hydroxylation is 1.